The lowest BCUT2D eigenvalue weighted by Crippen LogP contribution is -2.44. The summed E-state index contributed by atoms with van der Waals surface area (Å²) in [6, 6.07) is 16.8. The van der Waals surface area contributed by atoms with E-state index in [1.807, 2.05) is 30.3 Å². The van der Waals surface area contributed by atoms with Crippen molar-refractivity contribution in [1.29, 1.82) is 0 Å². The Kier molecular flexibility index (Phi) is 4.60. The molecule has 0 bridgehead atoms. The Bertz CT molecular complexity index is 595. The third-order valence-electron chi connectivity index (χ3n) is 3.56. The van der Waals surface area contributed by atoms with E-state index >= 15 is 0 Å². The molecule has 0 heterocycles. The summed E-state index contributed by atoms with van der Waals surface area (Å²) in [4.78, 5) is 11.3. The summed E-state index contributed by atoms with van der Waals surface area (Å²) in [7, 11) is 0. The second-order valence-corrected chi connectivity index (χ2v) is 4.93. The first-order valence-electron chi connectivity index (χ1n) is 6.86. The van der Waals surface area contributed by atoms with Crippen molar-refractivity contribution in [2.75, 3.05) is 0 Å². The molecule has 2 rings (SSSR count). The number of carboxylic acids is 1. The molecule has 0 aliphatic rings. The Morgan fingerprint density at radius 2 is 1.76 bits per heavy atom. The normalized spacial score (nSPS) is 13.4. The monoisotopic (exact) mass is 285 g/mol. The van der Waals surface area contributed by atoms with Crippen LogP contribution in [0.2, 0.25) is 0 Å². The smallest absolute Gasteiger partial charge is 0.328 e. The minimum Gasteiger partial charge on any atom is -0.489 e. The molecule has 0 amide bonds. The Hall–Kier alpha value is -2.33. The van der Waals surface area contributed by atoms with Crippen LogP contribution in [0.4, 0.5) is 0 Å². The van der Waals surface area contributed by atoms with E-state index in [9.17, 15) is 9.90 Å². The maximum absolute atomic E-state index is 11.3. The molecule has 0 aromatic heterocycles. The second-order valence-electron chi connectivity index (χ2n) is 4.93. The summed E-state index contributed by atoms with van der Waals surface area (Å²) >= 11 is 0. The van der Waals surface area contributed by atoms with E-state index in [-0.39, 0.29) is 0 Å². The van der Waals surface area contributed by atoms with Gasteiger partial charge in [0.2, 0.25) is 0 Å². The van der Waals surface area contributed by atoms with Crippen LogP contribution in [0.25, 0.3) is 0 Å². The zero-order chi connectivity index (χ0) is 15.3. The number of benzene rings is 2. The Labute approximate surface area is 124 Å². The Balaban J connectivity index is 2.07. The average molecular weight is 285 g/mol. The van der Waals surface area contributed by atoms with Gasteiger partial charge in [-0.2, -0.15) is 0 Å². The molecule has 4 nitrogen and oxygen atoms in total. The first-order chi connectivity index (χ1) is 10.1. The highest BCUT2D eigenvalue weighted by atomic mass is 16.5. The van der Waals surface area contributed by atoms with Crippen molar-refractivity contribution in [3.63, 3.8) is 0 Å². The summed E-state index contributed by atoms with van der Waals surface area (Å²) in [6.07, 6.45) is 0.326. The Morgan fingerprint density at radius 3 is 2.29 bits per heavy atom. The molecule has 0 saturated carbocycles. The van der Waals surface area contributed by atoms with Crippen LogP contribution in [0, 0.1) is 0 Å². The number of hydrogen-bond donors (Lipinski definition) is 2. The molecule has 0 aliphatic heterocycles. The van der Waals surface area contributed by atoms with Crippen molar-refractivity contribution in [2.45, 2.75) is 25.5 Å². The zero-order valence-corrected chi connectivity index (χ0v) is 12.0. The molecule has 2 aromatic carbocycles. The van der Waals surface area contributed by atoms with Crippen molar-refractivity contribution in [1.82, 2.24) is 0 Å². The molecular weight excluding hydrogens is 266 g/mol. The van der Waals surface area contributed by atoms with Crippen LogP contribution < -0.4 is 10.5 Å². The van der Waals surface area contributed by atoms with Gasteiger partial charge in [-0.3, -0.25) is 0 Å². The maximum atomic E-state index is 11.3. The van der Waals surface area contributed by atoms with E-state index in [0.717, 1.165) is 5.56 Å². The van der Waals surface area contributed by atoms with Gasteiger partial charge >= 0.3 is 5.97 Å². The van der Waals surface area contributed by atoms with Crippen LogP contribution in [0.1, 0.15) is 24.5 Å². The second kappa shape index (κ2) is 6.41. The van der Waals surface area contributed by atoms with Crippen molar-refractivity contribution in [2.24, 2.45) is 5.73 Å². The number of ether oxygens (including phenoxy) is 1. The van der Waals surface area contributed by atoms with Gasteiger partial charge in [0.1, 0.15) is 17.9 Å². The van der Waals surface area contributed by atoms with Crippen LogP contribution in [-0.2, 0) is 16.9 Å². The molecule has 3 N–H and O–H groups in total. The van der Waals surface area contributed by atoms with Gasteiger partial charge < -0.3 is 15.6 Å². The van der Waals surface area contributed by atoms with Crippen LogP contribution in [0.3, 0.4) is 0 Å². The third-order valence-corrected chi connectivity index (χ3v) is 3.56. The fourth-order valence-corrected chi connectivity index (χ4v) is 2.07. The SMILES string of the molecule is CCC(N)(C(=O)O)c1ccc(OCc2ccccc2)cc1. The van der Waals surface area contributed by atoms with E-state index in [2.05, 4.69) is 0 Å². The molecule has 4 heteroatoms. The van der Waals surface area contributed by atoms with E-state index in [1.54, 1.807) is 31.2 Å². The molecule has 1 unspecified atom stereocenters. The fraction of sp³-hybridized carbons (Fsp3) is 0.235. The summed E-state index contributed by atoms with van der Waals surface area (Å²) in [5.41, 5.74) is 6.24. The number of rotatable bonds is 6. The zero-order valence-electron chi connectivity index (χ0n) is 12.0. The molecule has 0 aliphatic carbocycles. The summed E-state index contributed by atoms with van der Waals surface area (Å²) in [5, 5.41) is 9.25. The van der Waals surface area contributed by atoms with Crippen LogP contribution in [0.5, 0.6) is 5.75 Å². The van der Waals surface area contributed by atoms with Gasteiger partial charge in [0, 0.05) is 0 Å². The number of nitrogens with two attached hydrogens (primary N) is 1. The highest BCUT2D eigenvalue weighted by molar-refractivity contribution is 5.80. The summed E-state index contributed by atoms with van der Waals surface area (Å²) < 4.78 is 5.67. The van der Waals surface area contributed by atoms with Crippen LogP contribution in [-0.4, -0.2) is 11.1 Å². The average Bonchev–Trinajstić information content (AvgIpc) is 2.53. The minimum atomic E-state index is -1.35. The molecule has 1 atom stereocenters. The molecule has 110 valence electrons. The largest absolute Gasteiger partial charge is 0.489 e. The van der Waals surface area contributed by atoms with Gasteiger partial charge in [-0.15, -0.1) is 0 Å². The summed E-state index contributed by atoms with van der Waals surface area (Å²) in [5.74, 6) is -0.339. The highest BCUT2D eigenvalue weighted by Gasteiger charge is 2.33. The number of hydrogen-bond acceptors (Lipinski definition) is 3. The highest BCUT2D eigenvalue weighted by Crippen LogP contribution is 2.25. The molecule has 0 saturated heterocycles. The van der Waals surface area contributed by atoms with Gasteiger partial charge in [0.25, 0.3) is 0 Å². The lowest BCUT2D eigenvalue weighted by atomic mass is 9.88. The van der Waals surface area contributed by atoms with Gasteiger partial charge in [0.05, 0.1) is 0 Å². The lowest BCUT2D eigenvalue weighted by molar-refractivity contribution is -0.143. The van der Waals surface area contributed by atoms with Gasteiger partial charge in [-0.25, -0.2) is 4.79 Å². The van der Waals surface area contributed by atoms with E-state index in [0.29, 0.717) is 24.3 Å². The maximum Gasteiger partial charge on any atom is 0.328 e. The van der Waals surface area contributed by atoms with Crippen molar-refractivity contribution < 1.29 is 14.6 Å². The fourth-order valence-electron chi connectivity index (χ4n) is 2.07. The number of aliphatic carboxylic acids is 1. The molecule has 2 aromatic rings. The van der Waals surface area contributed by atoms with Crippen LogP contribution in [0.15, 0.2) is 54.6 Å². The Morgan fingerprint density at radius 1 is 1.14 bits per heavy atom. The van der Waals surface area contributed by atoms with E-state index in [1.165, 1.54) is 0 Å². The molecule has 0 radical (unpaired) electrons. The van der Waals surface area contributed by atoms with E-state index in [4.69, 9.17) is 10.5 Å². The quantitative estimate of drug-likeness (QED) is 0.856. The van der Waals surface area contributed by atoms with Crippen LogP contribution >= 0.6 is 0 Å². The molecule has 21 heavy (non-hydrogen) atoms. The third kappa shape index (κ3) is 3.41. The predicted octanol–water partition coefficient (Wildman–Crippen LogP) is 2.91. The summed E-state index contributed by atoms with van der Waals surface area (Å²) in [6.45, 7) is 2.23. The van der Waals surface area contributed by atoms with Gasteiger partial charge in [-0.05, 0) is 29.7 Å². The predicted molar refractivity (Wildman–Crippen MR) is 81.0 cm³/mol. The number of carboxylic acid groups (broad SMARTS) is 1. The van der Waals surface area contributed by atoms with Crippen molar-refractivity contribution in [3.05, 3.63) is 65.7 Å². The first kappa shape index (κ1) is 15.1. The standard InChI is InChI=1S/C17H19NO3/c1-2-17(18,16(19)20)14-8-10-15(11-9-14)21-12-13-6-4-3-5-7-13/h3-11H,2,12,18H2,1H3,(H,19,20). The van der Waals surface area contributed by atoms with Gasteiger partial charge in [0.15, 0.2) is 0 Å². The number of carbonyl (C=O) groups is 1. The van der Waals surface area contributed by atoms with Gasteiger partial charge in [-0.1, -0.05) is 49.4 Å². The van der Waals surface area contributed by atoms with E-state index < -0.39 is 11.5 Å². The van der Waals surface area contributed by atoms with Crippen molar-refractivity contribution >= 4 is 5.97 Å². The molecule has 0 fully saturated rings. The topological polar surface area (TPSA) is 72.6 Å². The molecule has 0 spiro atoms. The van der Waals surface area contributed by atoms with Crippen molar-refractivity contribution in [3.8, 4) is 5.75 Å². The minimum absolute atomic E-state index is 0.326. The first-order valence-corrected chi connectivity index (χ1v) is 6.86. The lowest BCUT2D eigenvalue weighted by Gasteiger charge is -2.23. The molecular formula is C17H19NO3.